The Bertz CT molecular complexity index is 397. The third-order valence-electron chi connectivity index (χ3n) is 5.67. The summed E-state index contributed by atoms with van der Waals surface area (Å²) in [5.74, 6) is -0.686. The van der Waals surface area contributed by atoms with Crippen LogP contribution in [0, 0.1) is 11.3 Å². The van der Waals surface area contributed by atoms with Gasteiger partial charge < -0.3 is 9.84 Å². The smallest absolute Gasteiger partial charge is 0.323 e. The predicted molar refractivity (Wildman–Crippen MR) is 105 cm³/mol. The minimum absolute atomic E-state index is 0.364. The first-order chi connectivity index (χ1) is 12.5. The van der Waals surface area contributed by atoms with Crippen molar-refractivity contribution in [2.24, 2.45) is 11.3 Å². The van der Waals surface area contributed by atoms with Crippen molar-refractivity contribution in [2.75, 3.05) is 6.61 Å². The summed E-state index contributed by atoms with van der Waals surface area (Å²) in [6.07, 6.45) is 15.8. The van der Waals surface area contributed by atoms with Crippen LogP contribution in [0.5, 0.6) is 0 Å². The highest BCUT2D eigenvalue weighted by molar-refractivity contribution is 5.99. The molecular weight excluding hydrogens is 328 g/mol. The molecule has 0 aromatic heterocycles. The Morgan fingerprint density at radius 2 is 1.35 bits per heavy atom. The van der Waals surface area contributed by atoms with E-state index in [-0.39, 0.29) is 0 Å². The van der Waals surface area contributed by atoms with Gasteiger partial charge in [-0.05, 0) is 25.2 Å². The van der Waals surface area contributed by atoms with Crippen molar-refractivity contribution < 1.29 is 19.4 Å². The lowest BCUT2D eigenvalue weighted by Gasteiger charge is -2.30. The van der Waals surface area contributed by atoms with Gasteiger partial charge in [0.15, 0.2) is 5.41 Å². The summed E-state index contributed by atoms with van der Waals surface area (Å²) in [7, 11) is 0. The molecule has 0 bridgehead atoms. The van der Waals surface area contributed by atoms with Crippen molar-refractivity contribution in [1.29, 1.82) is 0 Å². The number of carbonyl (C=O) groups excluding carboxylic acids is 1. The molecule has 0 aromatic rings. The Morgan fingerprint density at radius 1 is 0.846 bits per heavy atom. The Balaban J connectivity index is 2.00. The van der Waals surface area contributed by atoms with Gasteiger partial charge in [-0.25, -0.2) is 0 Å². The quantitative estimate of drug-likeness (QED) is 0.228. The lowest BCUT2D eigenvalue weighted by atomic mass is 9.74. The van der Waals surface area contributed by atoms with E-state index in [1.54, 1.807) is 0 Å². The first kappa shape index (κ1) is 23.0. The molecule has 26 heavy (non-hydrogen) atoms. The van der Waals surface area contributed by atoms with E-state index in [0.29, 0.717) is 19.4 Å². The lowest BCUT2D eigenvalue weighted by molar-refractivity contribution is -0.171. The number of ether oxygens (including phenoxy) is 1. The van der Waals surface area contributed by atoms with Crippen molar-refractivity contribution in [2.45, 2.75) is 110 Å². The molecule has 1 saturated carbocycles. The summed E-state index contributed by atoms with van der Waals surface area (Å²) in [6, 6.07) is 0. The van der Waals surface area contributed by atoms with Crippen LogP contribution in [-0.2, 0) is 14.3 Å². The van der Waals surface area contributed by atoms with Crippen LogP contribution in [-0.4, -0.2) is 23.7 Å². The molecule has 4 heteroatoms. The fourth-order valence-electron chi connectivity index (χ4n) is 3.86. The second-order valence-corrected chi connectivity index (χ2v) is 8.45. The number of carboxylic acid groups (broad SMARTS) is 1. The van der Waals surface area contributed by atoms with Gasteiger partial charge in [0.2, 0.25) is 0 Å². The van der Waals surface area contributed by atoms with Crippen molar-refractivity contribution in [3.63, 3.8) is 0 Å². The molecule has 1 N–H and O–H groups in total. The van der Waals surface area contributed by atoms with Gasteiger partial charge in [-0.2, -0.15) is 0 Å². The molecule has 1 fully saturated rings. The van der Waals surface area contributed by atoms with Crippen LogP contribution in [0.25, 0.3) is 0 Å². The van der Waals surface area contributed by atoms with E-state index in [9.17, 15) is 14.7 Å². The Hall–Kier alpha value is -1.06. The van der Waals surface area contributed by atoms with Gasteiger partial charge in [0.05, 0.1) is 6.61 Å². The number of esters is 1. The third-order valence-corrected chi connectivity index (χ3v) is 5.67. The number of hydrogen-bond donors (Lipinski definition) is 1. The summed E-state index contributed by atoms with van der Waals surface area (Å²) in [5.41, 5.74) is -1.27. The Labute approximate surface area is 160 Å². The van der Waals surface area contributed by atoms with E-state index < -0.39 is 17.4 Å². The van der Waals surface area contributed by atoms with Gasteiger partial charge in [-0.3, -0.25) is 9.59 Å². The fraction of sp³-hybridized carbons (Fsp3) is 0.909. The standard InChI is InChI=1S/C22H40O4/c1-19(2)15-11-8-6-4-3-5-7-9-14-18-26-21(25)22(20(23)24)16-12-10-13-17-22/h19H,3-18H2,1-2H3,(H,23,24). The molecule has 0 heterocycles. The number of aliphatic carboxylic acids is 1. The fourth-order valence-corrected chi connectivity index (χ4v) is 3.86. The van der Waals surface area contributed by atoms with E-state index in [1.807, 2.05) is 0 Å². The molecule has 152 valence electrons. The first-order valence-corrected chi connectivity index (χ1v) is 10.9. The minimum atomic E-state index is -1.27. The SMILES string of the molecule is CC(C)CCCCCCCCCCCOC(=O)C1(C(=O)O)CCCCC1. The molecule has 1 rings (SSSR count). The second kappa shape index (κ2) is 13.2. The average Bonchev–Trinajstić information content (AvgIpc) is 2.62. The van der Waals surface area contributed by atoms with Gasteiger partial charge in [0.25, 0.3) is 0 Å². The molecule has 0 amide bonds. The predicted octanol–water partition coefficient (Wildman–Crippen LogP) is 6.12. The highest BCUT2D eigenvalue weighted by atomic mass is 16.5. The molecule has 0 unspecified atom stereocenters. The van der Waals surface area contributed by atoms with Crippen molar-refractivity contribution >= 4 is 11.9 Å². The van der Waals surface area contributed by atoms with E-state index in [1.165, 1.54) is 51.4 Å². The van der Waals surface area contributed by atoms with Gasteiger partial charge in [0.1, 0.15) is 0 Å². The molecule has 0 saturated heterocycles. The van der Waals surface area contributed by atoms with Gasteiger partial charge in [-0.1, -0.05) is 90.9 Å². The largest absolute Gasteiger partial charge is 0.480 e. The summed E-state index contributed by atoms with van der Waals surface area (Å²) >= 11 is 0. The molecule has 1 aliphatic carbocycles. The maximum Gasteiger partial charge on any atom is 0.323 e. The monoisotopic (exact) mass is 368 g/mol. The molecule has 1 aliphatic rings. The van der Waals surface area contributed by atoms with Gasteiger partial charge in [0, 0.05) is 0 Å². The Kier molecular flexibility index (Phi) is 11.6. The topological polar surface area (TPSA) is 63.6 Å². The molecule has 4 nitrogen and oxygen atoms in total. The highest BCUT2D eigenvalue weighted by Crippen LogP contribution is 2.37. The van der Waals surface area contributed by atoms with Crippen LogP contribution < -0.4 is 0 Å². The van der Waals surface area contributed by atoms with Crippen molar-refractivity contribution in [3.8, 4) is 0 Å². The maximum atomic E-state index is 12.3. The van der Waals surface area contributed by atoms with Crippen LogP contribution in [0.1, 0.15) is 110 Å². The zero-order valence-electron chi connectivity index (χ0n) is 17.1. The number of carboxylic acids is 1. The molecular formula is C22H40O4. The average molecular weight is 369 g/mol. The van der Waals surface area contributed by atoms with Crippen LogP contribution >= 0.6 is 0 Å². The second-order valence-electron chi connectivity index (χ2n) is 8.45. The van der Waals surface area contributed by atoms with Crippen molar-refractivity contribution in [3.05, 3.63) is 0 Å². The van der Waals surface area contributed by atoms with E-state index in [2.05, 4.69) is 13.8 Å². The maximum absolute atomic E-state index is 12.3. The number of carbonyl (C=O) groups is 2. The zero-order valence-corrected chi connectivity index (χ0v) is 17.1. The van der Waals surface area contributed by atoms with Crippen LogP contribution in [0.4, 0.5) is 0 Å². The summed E-state index contributed by atoms with van der Waals surface area (Å²) in [4.78, 5) is 23.8. The molecule has 0 radical (unpaired) electrons. The van der Waals surface area contributed by atoms with Gasteiger partial charge in [-0.15, -0.1) is 0 Å². The number of rotatable bonds is 14. The zero-order chi connectivity index (χ0) is 19.3. The van der Waals surface area contributed by atoms with E-state index >= 15 is 0 Å². The third kappa shape index (κ3) is 8.55. The first-order valence-electron chi connectivity index (χ1n) is 10.9. The summed E-state index contributed by atoms with van der Waals surface area (Å²) < 4.78 is 5.32. The minimum Gasteiger partial charge on any atom is -0.480 e. The summed E-state index contributed by atoms with van der Waals surface area (Å²) in [5, 5.41) is 9.46. The molecule has 0 atom stereocenters. The highest BCUT2D eigenvalue weighted by Gasteiger charge is 2.48. The number of unbranched alkanes of at least 4 members (excludes halogenated alkanes) is 8. The Morgan fingerprint density at radius 3 is 1.85 bits per heavy atom. The lowest BCUT2D eigenvalue weighted by Crippen LogP contribution is -2.42. The molecule has 0 spiro atoms. The normalized spacial score (nSPS) is 16.6. The van der Waals surface area contributed by atoms with Crippen molar-refractivity contribution in [1.82, 2.24) is 0 Å². The number of hydrogen-bond acceptors (Lipinski definition) is 3. The summed E-state index contributed by atoms with van der Waals surface area (Å²) in [6.45, 7) is 4.94. The van der Waals surface area contributed by atoms with Crippen LogP contribution in [0.3, 0.4) is 0 Å². The van der Waals surface area contributed by atoms with Crippen LogP contribution in [0.15, 0.2) is 0 Å². The van der Waals surface area contributed by atoms with E-state index in [0.717, 1.165) is 38.0 Å². The van der Waals surface area contributed by atoms with Gasteiger partial charge >= 0.3 is 11.9 Å². The molecule has 0 aliphatic heterocycles. The van der Waals surface area contributed by atoms with Crippen LogP contribution in [0.2, 0.25) is 0 Å². The van der Waals surface area contributed by atoms with E-state index in [4.69, 9.17) is 4.74 Å². The molecule has 0 aromatic carbocycles.